The number of para-hydroxylation sites is 5. The summed E-state index contributed by atoms with van der Waals surface area (Å²) in [5, 5.41) is 14.6. The first kappa shape index (κ1) is 88.2. The van der Waals surface area contributed by atoms with Gasteiger partial charge < -0.3 is 8.98 Å². The van der Waals surface area contributed by atoms with Gasteiger partial charge in [-0.2, -0.15) is 0 Å². The Balaban J connectivity index is 0.000000108. The molecule has 0 bridgehead atoms. The molecule has 0 amide bonds. The molecular formula is C138H87N9OS2. The van der Waals surface area contributed by atoms with E-state index in [1.165, 1.54) is 123 Å². The fourth-order valence-corrected chi connectivity index (χ4v) is 24.3. The van der Waals surface area contributed by atoms with Crippen LogP contribution < -0.4 is 0 Å². The summed E-state index contributed by atoms with van der Waals surface area (Å²) in [6.07, 6.45) is 1.85. The Kier molecular flexibility index (Phi) is 22.1. The van der Waals surface area contributed by atoms with Crippen LogP contribution in [0.1, 0.15) is 0 Å². The van der Waals surface area contributed by atoms with E-state index in [1.54, 1.807) is 0 Å². The monoisotopic (exact) mass is 1950 g/mol. The van der Waals surface area contributed by atoms with E-state index < -0.39 is 0 Å². The van der Waals surface area contributed by atoms with Crippen molar-refractivity contribution in [2.45, 2.75) is 0 Å². The smallest absolute Gasteiger partial charge is 0.235 e. The zero-order chi connectivity index (χ0) is 99.1. The molecule has 0 atom stereocenters. The molecule has 0 saturated carbocycles. The number of benzene rings is 21. The largest absolute Gasteiger partial charge is 0.455 e. The molecule has 21 aromatic carbocycles. The second-order valence-electron chi connectivity index (χ2n) is 37.9. The van der Waals surface area contributed by atoms with Gasteiger partial charge in [0, 0.05) is 134 Å². The SMILES string of the molecule is c1ccc(-c2cc(-c3ccccc3)nc(-c3cccc(-n4c5ccccc5c5cc(-c6cccc7c6sc6ccccc67)ccc54)c3)n2)cc1.c1ccc(-c2ccc(-c3cc(-c4ccccc4)nc(-n4c5ccccc5c5cc(-c6cccc7c6sc6ccccc67)ccc54)n3)cc2)cc1.c1ccc(-c2cccc(-c3ccc(-c4ccnc(-n5c6ccccc6c6cc(-c7cccc8c7oc7ccccc78)ccc65)n4)cc3)c2)cc1. The normalized spacial score (nSPS) is 11.6. The lowest BCUT2D eigenvalue weighted by Crippen LogP contribution is -2.04. The van der Waals surface area contributed by atoms with Gasteiger partial charge in [0.2, 0.25) is 11.9 Å². The van der Waals surface area contributed by atoms with E-state index in [9.17, 15) is 0 Å². The molecule has 0 aliphatic rings. The first-order valence-electron chi connectivity index (χ1n) is 50.5. The molecule has 30 aromatic rings. The minimum Gasteiger partial charge on any atom is -0.455 e. The van der Waals surface area contributed by atoms with Gasteiger partial charge >= 0.3 is 0 Å². The number of aromatic nitrogens is 9. The highest BCUT2D eigenvalue weighted by atomic mass is 32.1. The molecule has 150 heavy (non-hydrogen) atoms. The summed E-state index contributed by atoms with van der Waals surface area (Å²) in [5.41, 5.74) is 34.4. The molecule has 0 aliphatic carbocycles. The van der Waals surface area contributed by atoms with Crippen molar-refractivity contribution in [2.24, 2.45) is 0 Å². The summed E-state index contributed by atoms with van der Waals surface area (Å²) in [7, 11) is 0. The maximum absolute atomic E-state index is 6.40. The number of furan rings is 1. The molecule has 0 aliphatic heterocycles. The molecule has 9 heterocycles. The number of thiophene rings is 2. The average Bonchev–Trinajstić information content (AvgIpc) is 1.73. The van der Waals surface area contributed by atoms with E-state index in [4.69, 9.17) is 34.3 Å². The van der Waals surface area contributed by atoms with Crippen LogP contribution in [0.25, 0.3) is 280 Å². The van der Waals surface area contributed by atoms with Crippen LogP contribution in [0.3, 0.4) is 0 Å². The minimum atomic E-state index is 0.639. The molecule has 10 nitrogen and oxygen atoms in total. The zero-order valence-electron chi connectivity index (χ0n) is 81.0. The van der Waals surface area contributed by atoms with Crippen LogP contribution in [0.15, 0.2) is 532 Å². The topological polar surface area (TPSA) is 105 Å². The third-order valence-electron chi connectivity index (χ3n) is 29.0. The van der Waals surface area contributed by atoms with Crippen LogP contribution in [0.2, 0.25) is 0 Å². The van der Waals surface area contributed by atoms with Gasteiger partial charge in [-0.25, -0.2) is 29.9 Å². The number of rotatable bonds is 15. The van der Waals surface area contributed by atoms with E-state index in [2.05, 4.69) is 487 Å². The predicted molar refractivity (Wildman–Crippen MR) is 627 cm³/mol. The summed E-state index contributed by atoms with van der Waals surface area (Å²) in [5.74, 6) is 1.99. The van der Waals surface area contributed by atoms with Crippen LogP contribution in [0.4, 0.5) is 0 Å². The molecule has 12 heteroatoms. The Hall–Kier alpha value is -19.5. The van der Waals surface area contributed by atoms with Gasteiger partial charge in [-0.05, 0) is 170 Å². The van der Waals surface area contributed by atoms with Crippen LogP contribution in [0, 0.1) is 0 Å². The highest BCUT2D eigenvalue weighted by Crippen LogP contribution is 2.48. The number of hydrogen-bond donors (Lipinski definition) is 0. The average molecular weight is 1950 g/mol. The molecule has 0 saturated heterocycles. The number of fused-ring (bicyclic) bond motifs is 18. The fraction of sp³-hybridized carbons (Fsp3) is 0. The maximum Gasteiger partial charge on any atom is 0.235 e. The molecule has 0 spiro atoms. The van der Waals surface area contributed by atoms with Gasteiger partial charge in [-0.15, -0.1) is 22.7 Å². The summed E-state index contributed by atoms with van der Waals surface area (Å²) in [4.78, 5) is 30.7. The van der Waals surface area contributed by atoms with Crippen molar-refractivity contribution >= 4 is 150 Å². The molecule has 0 fully saturated rings. The first-order chi connectivity index (χ1) is 74.3. The fourth-order valence-electron chi connectivity index (χ4n) is 21.8. The van der Waals surface area contributed by atoms with Gasteiger partial charge in [0.05, 0.1) is 61.6 Å². The van der Waals surface area contributed by atoms with Gasteiger partial charge in [-0.1, -0.05) is 413 Å². The molecular weight excluding hydrogens is 1860 g/mol. The van der Waals surface area contributed by atoms with E-state index >= 15 is 0 Å². The van der Waals surface area contributed by atoms with Gasteiger partial charge in [0.1, 0.15) is 11.2 Å². The summed E-state index contributed by atoms with van der Waals surface area (Å²) >= 11 is 3.74. The Bertz CT molecular complexity index is 10400. The van der Waals surface area contributed by atoms with E-state index in [0.29, 0.717) is 17.7 Å². The van der Waals surface area contributed by atoms with Crippen molar-refractivity contribution in [3.8, 4) is 152 Å². The lowest BCUT2D eigenvalue weighted by Gasteiger charge is -2.12. The summed E-state index contributed by atoms with van der Waals surface area (Å²) < 4.78 is 18.4. The van der Waals surface area contributed by atoms with Gasteiger partial charge in [0.15, 0.2) is 5.82 Å². The number of hydrogen-bond acceptors (Lipinski definition) is 9. The Morgan fingerprint density at radius 1 is 0.180 bits per heavy atom. The van der Waals surface area contributed by atoms with Crippen molar-refractivity contribution in [3.63, 3.8) is 0 Å². The second-order valence-corrected chi connectivity index (χ2v) is 40.0. The second kappa shape index (κ2) is 37.6. The van der Waals surface area contributed by atoms with E-state index in [1.807, 2.05) is 77.4 Å². The van der Waals surface area contributed by atoms with Crippen LogP contribution in [-0.2, 0) is 0 Å². The first-order valence-corrected chi connectivity index (χ1v) is 52.1. The molecule has 702 valence electrons. The third kappa shape index (κ3) is 16.0. The summed E-state index contributed by atoms with van der Waals surface area (Å²) in [6.45, 7) is 0. The molecule has 9 aromatic heterocycles. The highest BCUT2D eigenvalue weighted by molar-refractivity contribution is 7.26. The Labute approximate surface area is 871 Å². The van der Waals surface area contributed by atoms with Crippen molar-refractivity contribution in [3.05, 3.63) is 528 Å². The van der Waals surface area contributed by atoms with Crippen molar-refractivity contribution in [1.82, 2.24) is 43.6 Å². The van der Waals surface area contributed by atoms with Gasteiger partial charge in [0.25, 0.3) is 0 Å². The Morgan fingerprint density at radius 2 is 0.507 bits per heavy atom. The lowest BCUT2D eigenvalue weighted by atomic mass is 9.98. The summed E-state index contributed by atoms with van der Waals surface area (Å²) in [6, 6.07) is 184. The quantitative estimate of drug-likeness (QED) is 0.101. The van der Waals surface area contributed by atoms with Crippen molar-refractivity contribution in [2.75, 3.05) is 0 Å². The van der Waals surface area contributed by atoms with E-state index in [-0.39, 0.29) is 0 Å². The number of nitrogens with zero attached hydrogens (tertiary/aromatic N) is 9. The third-order valence-corrected chi connectivity index (χ3v) is 31.4. The minimum absolute atomic E-state index is 0.639. The van der Waals surface area contributed by atoms with E-state index in [0.717, 1.165) is 139 Å². The van der Waals surface area contributed by atoms with Crippen molar-refractivity contribution in [1.29, 1.82) is 0 Å². The lowest BCUT2D eigenvalue weighted by molar-refractivity contribution is 0.670. The predicted octanol–water partition coefficient (Wildman–Crippen LogP) is 37.4. The zero-order valence-corrected chi connectivity index (χ0v) is 82.6. The Morgan fingerprint density at radius 3 is 1.02 bits per heavy atom. The van der Waals surface area contributed by atoms with Crippen LogP contribution >= 0.6 is 22.7 Å². The van der Waals surface area contributed by atoms with Crippen LogP contribution in [-0.4, -0.2) is 43.6 Å². The molecule has 0 radical (unpaired) electrons. The maximum atomic E-state index is 6.40. The van der Waals surface area contributed by atoms with Crippen molar-refractivity contribution < 1.29 is 4.42 Å². The molecule has 0 N–H and O–H groups in total. The highest BCUT2D eigenvalue weighted by Gasteiger charge is 2.25. The van der Waals surface area contributed by atoms with Crippen LogP contribution in [0.5, 0.6) is 0 Å². The van der Waals surface area contributed by atoms with Gasteiger partial charge in [-0.3, -0.25) is 9.13 Å². The standard InChI is InChI=1S/C46H29N3O.2C46H29N3S/c1-2-10-30(11-3-1)33-12-8-13-34(28-33)31-20-22-32(23-21-31)41-26-27-47-46(48-41)49-42-18-6-4-14-37(42)40-29-35(24-25-43(40)49)36-16-9-17-39-38-15-5-7-19-44(38)50-45(36)39;1-3-13-30(14-4-1)40-29-41(31-15-5-2-6-16-31)48-46(47-40)33-17-11-18-34(27-33)49-42-23-9-7-19-36(42)39-28-32(25-26-43(39)49)35-21-12-22-38-37-20-8-10-24-44(37)50-45(35)38;1-3-12-30(13-4-1)31-22-24-33(25-23-31)41-29-40(32-14-5-2-6-15-32)47-46(48-41)49-42-20-9-7-16-36(42)39-28-34(26-27-43(39)49)35-18-11-19-38-37-17-8-10-21-44(37)50-45(35)38/h3*1-29H. The molecule has 30 rings (SSSR count). The molecule has 0 unspecified atom stereocenters.